The first-order valence-corrected chi connectivity index (χ1v) is 9.46. The van der Waals surface area contributed by atoms with Crippen LogP contribution in [0.1, 0.15) is 4.88 Å². The highest BCUT2D eigenvalue weighted by Crippen LogP contribution is 2.25. The Hall–Kier alpha value is -1.11. The molecule has 2 aromatic rings. The minimum Gasteiger partial charge on any atom is -0.324 e. The summed E-state index contributed by atoms with van der Waals surface area (Å²) in [5.41, 5.74) is 0.599. The maximum Gasteiger partial charge on any atom is 0.238 e. The van der Waals surface area contributed by atoms with Crippen molar-refractivity contribution in [2.24, 2.45) is 0 Å². The van der Waals surface area contributed by atoms with Crippen LogP contribution in [0.15, 0.2) is 35.7 Å². The van der Waals surface area contributed by atoms with Gasteiger partial charge in [-0.15, -0.1) is 11.3 Å². The largest absolute Gasteiger partial charge is 0.324 e. The van der Waals surface area contributed by atoms with E-state index in [-0.39, 0.29) is 5.91 Å². The predicted molar refractivity (Wildman–Crippen MR) is 101 cm³/mol. The summed E-state index contributed by atoms with van der Waals surface area (Å²) in [7, 11) is 0. The van der Waals surface area contributed by atoms with E-state index in [1.165, 1.54) is 4.88 Å². The lowest BCUT2D eigenvalue weighted by molar-refractivity contribution is -0.117. The number of piperazine rings is 1. The Balaban J connectivity index is 1.44. The molecule has 1 aromatic heterocycles. The van der Waals surface area contributed by atoms with Crippen LogP contribution in [0.4, 0.5) is 5.69 Å². The number of nitrogens with zero attached hydrogens (tertiary/aromatic N) is 2. The normalized spacial score (nSPS) is 16.2. The zero-order chi connectivity index (χ0) is 16.9. The van der Waals surface area contributed by atoms with Gasteiger partial charge < -0.3 is 5.32 Å². The van der Waals surface area contributed by atoms with Gasteiger partial charge in [0, 0.05) is 42.6 Å². The van der Waals surface area contributed by atoms with Crippen LogP contribution in [0.2, 0.25) is 10.0 Å². The number of anilines is 1. The van der Waals surface area contributed by atoms with Gasteiger partial charge in [-0.3, -0.25) is 14.6 Å². The Bertz CT molecular complexity index is 685. The van der Waals surface area contributed by atoms with Crippen LogP contribution in [0.5, 0.6) is 0 Å². The molecule has 1 saturated heterocycles. The topological polar surface area (TPSA) is 35.6 Å². The third-order valence-corrected chi connectivity index (χ3v) is 5.41. The second-order valence-electron chi connectivity index (χ2n) is 5.80. The van der Waals surface area contributed by atoms with Crippen molar-refractivity contribution >= 4 is 46.1 Å². The van der Waals surface area contributed by atoms with E-state index in [1.54, 1.807) is 29.5 Å². The third-order valence-electron chi connectivity index (χ3n) is 4.00. The second kappa shape index (κ2) is 8.32. The molecular formula is C17H19Cl2N3OS. The van der Waals surface area contributed by atoms with Gasteiger partial charge >= 0.3 is 0 Å². The van der Waals surface area contributed by atoms with Gasteiger partial charge in [0.2, 0.25) is 5.91 Å². The summed E-state index contributed by atoms with van der Waals surface area (Å²) in [6.07, 6.45) is 0. The molecule has 24 heavy (non-hydrogen) atoms. The Morgan fingerprint density at radius 1 is 1.12 bits per heavy atom. The summed E-state index contributed by atoms with van der Waals surface area (Å²) >= 11 is 13.7. The molecule has 0 unspecified atom stereocenters. The Kier molecular flexibility index (Phi) is 6.14. The number of benzene rings is 1. The molecule has 0 radical (unpaired) electrons. The lowest BCUT2D eigenvalue weighted by Crippen LogP contribution is -2.48. The molecule has 0 saturated carbocycles. The van der Waals surface area contributed by atoms with Gasteiger partial charge in [0.05, 0.1) is 17.3 Å². The standard InChI is InChI=1S/C17H19Cl2N3OS/c18-13-3-4-16(15(19)10-13)20-17(23)12-22-7-5-21(6-8-22)11-14-2-1-9-24-14/h1-4,9-10H,5-8,11-12H2,(H,20,23). The lowest BCUT2D eigenvalue weighted by Gasteiger charge is -2.34. The van der Waals surface area contributed by atoms with Gasteiger partial charge in [0.15, 0.2) is 0 Å². The SMILES string of the molecule is O=C(CN1CCN(Cc2cccs2)CC1)Nc1ccc(Cl)cc1Cl. The highest BCUT2D eigenvalue weighted by atomic mass is 35.5. The van der Waals surface area contributed by atoms with E-state index in [4.69, 9.17) is 23.2 Å². The van der Waals surface area contributed by atoms with Gasteiger partial charge in [-0.05, 0) is 29.6 Å². The maximum atomic E-state index is 12.2. The molecule has 0 aliphatic carbocycles. The number of halogens is 2. The zero-order valence-corrected chi connectivity index (χ0v) is 15.5. The second-order valence-corrected chi connectivity index (χ2v) is 7.68. The smallest absolute Gasteiger partial charge is 0.238 e. The molecule has 1 amide bonds. The van der Waals surface area contributed by atoms with Gasteiger partial charge in [-0.25, -0.2) is 0 Å². The van der Waals surface area contributed by atoms with E-state index in [2.05, 4.69) is 32.6 Å². The zero-order valence-electron chi connectivity index (χ0n) is 13.2. The Morgan fingerprint density at radius 2 is 1.88 bits per heavy atom. The van der Waals surface area contributed by atoms with E-state index in [1.807, 2.05) is 0 Å². The molecule has 1 aromatic carbocycles. The maximum absolute atomic E-state index is 12.2. The summed E-state index contributed by atoms with van der Waals surface area (Å²) in [6, 6.07) is 9.32. The molecule has 1 N–H and O–H groups in total. The van der Waals surface area contributed by atoms with E-state index in [0.717, 1.165) is 32.7 Å². The van der Waals surface area contributed by atoms with Crippen molar-refractivity contribution in [1.29, 1.82) is 0 Å². The third kappa shape index (κ3) is 4.94. The summed E-state index contributed by atoms with van der Waals surface area (Å²) < 4.78 is 0. The quantitative estimate of drug-likeness (QED) is 0.852. The van der Waals surface area contributed by atoms with Crippen molar-refractivity contribution < 1.29 is 4.79 Å². The van der Waals surface area contributed by atoms with Crippen molar-refractivity contribution in [2.45, 2.75) is 6.54 Å². The first-order chi connectivity index (χ1) is 11.6. The molecular weight excluding hydrogens is 365 g/mol. The first-order valence-electron chi connectivity index (χ1n) is 7.82. The molecule has 7 heteroatoms. The van der Waals surface area contributed by atoms with Crippen molar-refractivity contribution in [3.63, 3.8) is 0 Å². The van der Waals surface area contributed by atoms with Crippen LogP contribution in [0.25, 0.3) is 0 Å². The van der Waals surface area contributed by atoms with Crippen LogP contribution in [-0.2, 0) is 11.3 Å². The molecule has 1 fully saturated rings. The van der Waals surface area contributed by atoms with Crippen molar-refractivity contribution in [3.8, 4) is 0 Å². The molecule has 0 spiro atoms. The summed E-state index contributed by atoms with van der Waals surface area (Å²) in [6.45, 7) is 5.13. The van der Waals surface area contributed by atoms with E-state index in [0.29, 0.717) is 22.3 Å². The van der Waals surface area contributed by atoms with E-state index >= 15 is 0 Å². The van der Waals surface area contributed by atoms with Gasteiger partial charge in [-0.2, -0.15) is 0 Å². The molecule has 0 atom stereocenters. The monoisotopic (exact) mass is 383 g/mol. The number of hydrogen-bond acceptors (Lipinski definition) is 4. The van der Waals surface area contributed by atoms with Crippen molar-refractivity contribution in [2.75, 3.05) is 38.0 Å². The number of rotatable bonds is 5. The average Bonchev–Trinajstić information content (AvgIpc) is 3.05. The van der Waals surface area contributed by atoms with Crippen LogP contribution >= 0.6 is 34.5 Å². The molecule has 1 aliphatic heterocycles. The summed E-state index contributed by atoms with van der Waals surface area (Å²) in [4.78, 5) is 18.2. The highest BCUT2D eigenvalue weighted by Gasteiger charge is 2.19. The van der Waals surface area contributed by atoms with Gasteiger partial charge in [0.25, 0.3) is 0 Å². The Labute approximate surface area is 156 Å². The first kappa shape index (κ1) is 17.7. The number of nitrogens with one attached hydrogen (secondary N) is 1. The minimum atomic E-state index is -0.0501. The van der Waals surface area contributed by atoms with Crippen LogP contribution in [0, 0.1) is 0 Å². The molecule has 3 rings (SSSR count). The lowest BCUT2D eigenvalue weighted by atomic mass is 10.3. The fourth-order valence-electron chi connectivity index (χ4n) is 2.71. The van der Waals surface area contributed by atoms with Gasteiger partial charge in [0.1, 0.15) is 0 Å². The molecule has 128 valence electrons. The van der Waals surface area contributed by atoms with Gasteiger partial charge in [-0.1, -0.05) is 29.3 Å². The minimum absolute atomic E-state index is 0.0501. The van der Waals surface area contributed by atoms with E-state index in [9.17, 15) is 4.79 Å². The Morgan fingerprint density at radius 3 is 2.54 bits per heavy atom. The fraction of sp³-hybridized carbons (Fsp3) is 0.353. The van der Waals surface area contributed by atoms with E-state index < -0.39 is 0 Å². The van der Waals surface area contributed by atoms with Crippen LogP contribution < -0.4 is 5.32 Å². The number of carbonyl (C=O) groups excluding carboxylic acids is 1. The predicted octanol–water partition coefficient (Wildman–Crippen LogP) is 3.81. The number of carbonyl (C=O) groups is 1. The highest BCUT2D eigenvalue weighted by molar-refractivity contribution is 7.09. The van der Waals surface area contributed by atoms with Crippen LogP contribution in [0.3, 0.4) is 0 Å². The van der Waals surface area contributed by atoms with Crippen LogP contribution in [-0.4, -0.2) is 48.4 Å². The fourth-order valence-corrected chi connectivity index (χ4v) is 3.91. The number of hydrogen-bond donors (Lipinski definition) is 1. The molecule has 0 bridgehead atoms. The molecule has 4 nitrogen and oxygen atoms in total. The average molecular weight is 384 g/mol. The summed E-state index contributed by atoms with van der Waals surface area (Å²) in [5, 5.41) is 5.97. The van der Waals surface area contributed by atoms with Crippen molar-refractivity contribution in [1.82, 2.24) is 9.80 Å². The van der Waals surface area contributed by atoms with Crippen molar-refractivity contribution in [3.05, 3.63) is 50.6 Å². The number of amides is 1. The molecule has 2 heterocycles. The molecule has 1 aliphatic rings. The summed E-state index contributed by atoms with van der Waals surface area (Å²) in [5.74, 6) is -0.0501. The number of thiophene rings is 1.